The van der Waals surface area contributed by atoms with Gasteiger partial charge in [0, 0.05) is 13.1 Å². The van der Waals surface area contributed by atoms with Crippen molar-refractivity contribution in [1.29, 1.82) is 0 Å². The van der Waals surface area contributed by atoms with E-state index in [0.29, 0.717) is 10.7 Å². The topological polar surface area (TPSA) is 83.4 Å². The summed E-state index contributed by atoms with van der Waals surface area (Å²) in [5.41, 5.74) is 2.23. The van der Waals surface area contributed by atoms with Crippen LogP contribution >= 0.6 is 22.7 Å². The third-order valence-corrected chi connectivity index (χ3v) is 7.42. The average Bonchev–Trinajstić information content (AvgIpc) is 3.47. The van der Waals surface area contributed by atoms with Crippen LogP contribution in [0.15, 0.2) is 66.9 Å². The Morgan fingerprint density at radius 3 is 2.27 bits per heavy atom. The normalized spacial score (nSPS) is 12.8. The molecule has 0 saturated heterocycles. The van der Waals surface area contributed by atoms with Crippen LogP contribution in [-0.4, -0.2) is 44.9 Å². The summed E-state index contributed by atoms with van der Waals surface area (Å²) in [6.45, 7) is 6.18. The second-order valence-corrected chi connectivity index (χ2v) is 9.78. The quantitative estimate of drug-likeness (QED) is 0.387. The Morgan fingerprint density at radius 2 is 1.67 bits per heavy atom. The van der Waals surface area contributed by atoms with Crippen molar-refractivity contribution in [2.75, 3.05) is 7.05 Å². The Bertz CT molecular complexity index is 1270. The van der Waals surface area contributed by atoms with Gasteiger partial charge in [0.2, 0.25) is 0 Å². The molecule has 4 aromatic rings. The number of carbonyl (C=O) groups excluding carboxylic acids is 1. The van der Waals surface area contributed by atoms with Gasteiger partial charge in [-0.05, 0) is 25.0 Å². The molecular formula is C25H22N3O3S2. The summed E-state index contributed by atoms with van der Waals surface area (Å²) in [4.78, 5) is 36.4. The monoisotopic (exact) mass is 476 g/mol. The number of aromatic nitrogens is 2. The second kappa shape index (κ2) is 9.64. The van der Waals surface area contributed by atoms with Crippen molar-refractivity contribution in [3.8, 4) is 10.4 Å². The highest BCUT2D eigenvalue weighted by atomic mass is 32.1. The number of rotatable bonds is 7. The van der Waals surface area contributed by atoms with Crippen LogP contribution in [-0.2, 0) is 0 Å². The summed E-state index contributed by atoms with van der Waals surface area (Å²) >= 11 is 2.58. The van der Waals surface area contributed by atoms with Gasteiger partial charge >= 0.3 is 5.97 Å². The lowest BCUT2D eigenvalue weighted by atomic mass is 9.92. The summed E-state index contributed by atoms with van der Waals surface area (Å²) in [6, 6.07) is 18.8. The van der Waals surface area contributed by atoms with Gasteiger partial charge in [0.25, 0.3) is 5.91 Å². The van der Waals surface area contributed by atoms with Gasteiger partial charge in [-0.25, -0.2) is 14.8 Å². The predicted molar refractivity (Wildman–Crippen MR) is 131 cm³/mol. The molecule has 2 heterocycles. The van der Waals surface area contributed by atoms with E-state index in [1.54, 1.807) is 11.9 Å². The van der Waals surface area contributed by atoms with Crippen LogP contribution < -0.4 is 0 Å². The number of carboxylic acid groups (broad SMARTS) is 1. The summed E-state index contributed by atoms with van der Waals surface area (Å²) in [7, 11) is 1.70. The molecule has 2 aromatic heterocycles. The van der Waals surface area contributed by atoms with E-state index in [1.165, 1.54) is 17.5 Å². The molecule has 4 rings (SSSR count). The lowest BCUT2D eigenvalue weighted by molar-refractivity contribution is 0.0700. The first-order valence-corrected chi connectivity index (χ1v) is 11.9. The molecule has 167 valence electrons. The Balaban J connectivity index is 1.71. The number of nitrogens with zero attached hydrogens (tertiary/aromatic N) is 3. The number of carbonyl (C=O) groups is 2. The van der Waals surface area contributed by atoms with Gasteiger partial charge in [0.05, 0.1) is 22.0 Å². The molecule has 8 heteroatoms. The van der Waals surface area contributed by atoms with Crippen LogP contribution in [0.1, 0.15) is 41.7 Å². The third kappa shape index (κ3) is 4.72. The van der Waals surface area contributed by atoms with Gasteiger partial charge in [-0.1, -0.05) is 60.7 Å². The number of amides is 1. The Labute approximate surface area is 200 Å². The van der Waals surface area contributed by atoms with E-state index in [2.05, 4.69) is 16.9 Å². The van der Waals surface area contributed by atoms with E-state index in [9.17, 15) is 14.7 Å². The number of thiazole rings is 2. The smallest absolute Gasteiger partial charge is 0.347 e. The maximum atomic E-state index is 13.6. The van der Waals surface area contributed by atoms with Crippen molar-refractivity contribution in [3.63, 3.8) is 0 Å². The standard InChI is InChI=1S/C25H22N3O3S2/c1-15(20(17-10-6-4-7-11-17)23-26-14-19(33-23)25(30)31)28(3)24(29)21-22(32-16(2)27-21)18-12-8-5-9-13-18/h4-15,20H,1H2,2-3H3,(H,30,31). The number of carboxylic acids is 1. The number of benzene rings is 2. The molecule has 1 N–H and O–H groups in total. The minimum atomic E-state index is -1.03. The number of hydrogen-bond donors (Lipinski definition) is 1. The van der Waals surface area contributed by atoms with Gasteiger partial charge < -0.3 is 10.0 Å². The van der Waals surface area contributed by atoms with Crippen molar-refractivity contribution in [3.05, 3.63) is 99.9 Å². The highest BCUT2D eigenvalue weighted by Crippen LogP contribution is 2.35. The van der Waals surface area contributed by atoms with Crippen molar-refractivity contribution in [1.82, 2.24) is 14.9 Å². The minimum absolute atomic E-state index is 0.147. The summed E-state index contributed by atoms with van der Waals surface area (Å²) in [6.07, 6.45) is 1.35. The molecule has 0 saturated carbocycles. The Hall–Kier alpha value is -3.36. The SMILES string of the molecule is [CH2]C(C(c1ccccc1)c1ncc(C(=O)O)s1)N(C)C(=O)c1nc(C)sc1-c1ccccc1. The van der Waals surface area contributed by atoms with E-state index < -0.39 is 17.9 Å². The maximum absolute atomic E-state index is 13.6. The van der Waals surface area contributed by atoms with Gasteiger partial charge in [-0.2, -0.15) is 0 Å². The van der Waals surface area contributed by atoms with Crippen LogP contribution in [0.25, 0.3) is 10.4 Å². The minimum Gasteiger partial charge on any atom is -0.477 e. The number of aryl methyl sites for hydroxylation is 1. The maximum Gasteiger partial charge on any atom is 0.347 e. The first kappa shape index (κ1) is 22.8. The van der Waals surface area contributed by atoms with E-state index in [0.717, 1.165) is 32.3 Å². The fourth-order valence-electron chi connectivity index (χ4n) is 3.62. The largest absolute Gasteiger partial charge is 0.477 e. The van der Waals surface area contributed by atoms with Crippen LogP contribution in [0, 0.1) is 13.8 Å². The van der Waals surface area contributed by atoms with E-state index in [-0.39, 0.29) is 10.8 Å². The summed E-state index contributed by atoms with van der Waals surface area (Å²) in [5, 5.41) is 10.8. The molecule has 2 unspecified atom stereocenters. The molecular weight excluding hydrogens is 454 g/mol. The predicted octanol–water partition coefficient (Wildman–Crippen LogP) is 5.38. The average molecular weight is 477 g/mol. The first-order chi connectivity index (χ1) is 15.9. The Morgan fingerprint density at radius 1 is 1.03 bits per heavy atom. The molecule has 6 nitrogen and oxygen atoms in total. The second-order valence-electron chi connectivity index (χ2n) is 7.52. The zero-order valence-electron chi connectivity index (χ0n) is 18.1. The number of aromatic carboxylic acids is 1. The van der Waals surface area contributed by atoms with E-state index >= 15 is 0 Å². The molecule has 33 heavy (non-hydrogen) atoms. The van der Waals surface area contributed by atoms with E-state index in [1.807, 2.05) is 67.6 Å². The summed E-state index contributed by atoms with van der Waals surface area (Å²) in [5.74, 6) is -1.66. The first-order valence-electron chi connectivity index (χ1n) is 10.2. The molecule has 0 aliphatic rings. The fourth-order valence-corrected chi connectivity index (χ4v) is 5.48. The molecule has 0 aliphatic carbocycles. The van der Waals surface area contributed by atoms with Crippen molar-refractivity contribution in [2.24, 2.45) is 0 Å². The molecule has 1 radical (unpaired) electrons. The number of likely N-dealkylation sites (N-methyl/N-ethyl adjacent to an activating group) is 1. The molecule has 2 atom stereocenters. The van der Waals surface area contributed by atoms with Gasteiger partial charge in [0.1, 0.15) is 15.6 Å². The van der Waals surface area contributed by atoms with Gasteiger partial charge in [0.15, 0.2) is 0 Å². The molecule has 1 amide bonds. The highest BCUT2D eigenvalue weighted by Gasteiger charge is 2.32. The summed E-state index contributed by atoms with van der Waals surface area (Å²) < 4.78 is 0. The Kier molecular flexibility index (Phi) is 6.67. The zero-order valence-corrected chi connectivity index (χ0v) is 19.8. The third-order valence-electron chi connectivity index (χ3n) is 5.33. The van der Waals surface area contributed by atoms with Crippen LogP contribution in [0.3, 0.4) is 0 Å². The highest BCUT2D eigenvalue weighted by molar-refractivity contribution is 7.15. The molecule has 0 aliphatic heterocycles. The van der Waals surface area contributed by atoms with Crippen LogP contribution in [0.2, 0.25) is 0 Å². The van der Waals surface area contributed by atoms with Gasteiger partial charge in [-0.3, -0.25) is 4.79 Å². The lowest BCUT2D eigenvalue weighted by Crippen LogP contribution is -2.40. The van der Waals surface area contributed by atoms with Crippen LogP contribution in [0.5, 0.6) is 0 Å². The van der Waals surface area contributed by atoms with Crippen molar-refractivity contribution < 1.29 is 14.7 Å². The molecule has 2 aromatic carbocycles. The van der Waals surface area contributed by atoms with Crippen molar-refractivity contribution in [2.45, 2.75) is 18.9 Å². The molecule has 0 bridgehead atoms. The van der Waals surface area contributed by atoms with Crippen LogP contribution in [0.4, 0.5) is 0 Å². The number of hydrogen-bond acceptors (Lipinski definition) is 6. The lowest BCUT2D eigenvalue weighted by Gasteiger charge is -2.31. The molecule has 0 fully saturated rings. The molecule has 0 spiro atoms. The fraction of sp³-hybridized carbons (Fsp3) is 0.160. The van der Waals surface area contributed by atoms with Gasteiger partial charge in [-0.15, -0.1) is 22.7 Å². The van der Waals surface area contributed by atoms with Crippen molar-refractivity contribution >= 4 is 34.6 Å². The van der Waals surface area contributed by atoms with E-state index in [4.69, 9.17) is 0 Å². The zero-order chi connectivity index (χ0) is 23.5.